The third-order valence-electron chi connectivity index (χ3n) is 6.76. The van der Waals surface area contributed by atoms with Crippen molar-refractivity contribution in [1.29, 1.82) is 0 Å². The molecule has 180 valence electrons. The predicted octanol–water partition coefficient (Wildman–Crippen LogP) is 6.17. The van der Waals surface area contributed by atoms with E-state index in [1.54, 1.807) is 0 Å². The summed E-state index contributed by atoms with van der Waals surface area (Å²) in [4.78, 5) is 5.83. The van der Waals surface area contributed by atoms with Crippen molar-refractivity contribution in [3.05, 3.63) is 108 Å². The fraction of sp³-hybridized carbons (Fsp3) is 0.167. The first-order valence-corrected chi connectivity index (χ1v) is 12.6. The number of para-hydroxylation sites is 3. The Balaban J connectivity index is 0.000000223. The Kier molecular flexibility index (Phi) is 6.18. The van der Waals surface area contributed by atoms with Crippen LogP contribution in [0.4, 0.5) is 0 Å². The van der Waals surface area contributed by atoms with Gasteiger partial charge in [0, 0.05) is 29.7 Å². The minimum atomic E-state index is 0.360. The number of aromatic amines is 1. The fourth-order valence-corrected chi connectivity index (χ4v) is 5.17. The predicted molar refractivity (Wildman–Crippen MR) is 148 cm³/mol. The molecule has 0 aliphatic carbocycles. The van der Waals surface area contributed by atoms with Crippen LogP contribution >= 0.6 is 12.2 Å². The third-order valence-corrected chi connectivity index (χ3v) is 7.16. The summed E-state index contributed by atoms with van der Waals surface area (Å²) >= 11 is 5.71. The highest BCUT2D eigenvalue weighted by atomic mass is 32.1. The minimum Gasteiger partial charge on any atom is -0.454 e. The number of H-pyrrole nitrogens is 1. The third kappa shape index (κ3) is 4.48. The van der Waals surface area contributed by atoms with Crippen molar-refractivity contribution in [2.75, 3.05) is 13.3 Å². The molecule has 3 heterocycles. The van der Waals surface area contributed by atoms with Gasteiger partial charge in [-0.05, 0) is 58.7 Å². The van der Waals surface area contributed by atoms with E-state index in [0.717, 1.165) is 42.7 Å². The second-order valence-electron chi connectivity index (χ2n) is 8.95. The van der Waals surface area contributed by atoms with E-state index in [4.69, 9.17) is 21.7 Å². The van der Waals surface area contributed by atoms with Crippen LogP contribution in [0.1, 0.15) is 16.8 Å². The second kappa shape index (κ2) is 9.91. The molecule has 2 aliphatic rings. The van der Waals surface area contributed by atoms with Crippen LogP contribution in [-0.2, 0) is 19.5 Å². The fourth-order valence-electron chi connectivity index (χ4n) is 4.94. The maximum Gasteiger partial charge on any atom is 0.231 e. The Morgan fingerprint density at radius 2 is 1.53 bits per heavy atom. The van der Waals surface area contributed by atoms with Gasteiger partial charge >= 0.3 is 0 Å². The van der Waals surface area contributed by atoms with Crippen LogP contribution in [0.15, 0.2) is 91.0 Å². The normalized spacial score (nSPS) is 13.7. The molecule has 5 aromatic rings. The summed E-state index contributed by atoms with van der Waals surface area (Å²) in [6.45, 7) is 2.90. The SMILES string of the molecule is S=C(NCc1cccc2ccccc12)N1CCc2c([nH]c3ccccc23)C1.c1ccc2c(c1)OCO2. The first kappa shape index (κ1) is 22.4. The van der Waals surface area contributed by atoms with E-state index in [9.17, 15) is 0 Å². The summed E-state index contributed by atoms with van der Waals surface area (Å²) in [6, 6.07) is 31.1. The number of fused-ring (bicyclic) bond motifs is 5. The largest absolute Gasteiger partial charge is 0.454 e. The molecule has 0 bridgehead atoms. The van der Waals surface area contributed by atoms with Gasteiger partial charge in [0.25, 0.3) is 0 Å². The van der Waals surface area contributed by atoms with Gasteiger partial charge in [-0.3, -0.25) is 0 Å². The number of nitrogens with zero attached hydrogens (tertiary/aromatic N) is 1. The molecular weight excluding hydrogens is 466 g/mol. The van der Waals surface area contributed by atoms with E-state index < -0.39 is 0 Å². The Labute approximate surface area is 215 Å². The van der Waals surface area contributed by atoms with Crippen molar-refractivity contribution in [2.24, 2.45) is 0 Å². The standard InChI is InChI=1S/C23H21N3S.C7H6O2/c27-23(24-14-17-8-5-7-16-6-1-2-9-18(16)17)26-13-12-20-19-10-3-4-11-21(19)25-22(20)15-26;1-2-4-7-6(3-1)8-5-9-7/h1-11,25H,12-15H2,(H,24,27);1-4H,5H2. The summed E-state index contributed by atoms with van der Waals surface area (Å²) in [6.07, 6.45) is 1.02. The lowest BCUT2D eigenvalue weighted by atomic mass is 10.0. The Bertz CT molecular complexity index is 1520. The molecule has 0 saturated heterocycles. The van der Waals surface area contributed by atoms with Gasteiger partial charge in [0.1, 0.15) is 0 Å². The summed E-state index contributed by atoms with van der Waals surface area (Å²) in [5.41, 5.74) is 5.23. The molecule has 0 saturated carbocycles. The highest BCUT2D eigenvalue weighted by Crippen LogP contribution is 2.30. The van der Waals surface area contributed by atoms with Crippen molar-refractivity contribution in [2.45, 2.75) is 19.5 Å². The summed E-state index contributed by atoms with van der Waals surface area (Å²) < 4.78 is 10.2. The Morgan fingerprint density at radius 3 is 2.36 bits per heavy atom. The number of nitrogens with one attached hydrogen (secondary N) is 2. The molecular formula is C30H27N3O2S. The average molecular weight is 494 g/mol. The highest BCUT2D eigenvalue weighted by molar-refractivity contribution is 7.80. The summed E-state index contributed by atoms with van der Waals surface area (Å²) in [7, 11) is 0. The molecule has 36 heavy (non-hydrogen) atoms. The molecule has 0 unspecified atom stereocenters. The van der Waals surface area contributed by atoms with Gasteiger partial charge in [0.15, 0.2) is 16.6 Å². The van der Waals surface area contributed by atoms with E-state index in [1.165, 1.54) is 38.5 Å². The zero-order chi connectivity index (χ0) is 24.3. The molecule has 0 spiro atoms. The topological polar surface area (TPSA) is 49.5 Å². The molecule has 6 heteroatoms. The molecule has 0 amide bonds. The quantitative estimate of drug-likeness (QED) is 0.288. The molecule has 4 aromatic carbocycles. The average Bonchev–Trinajstić information content (AvgIpc) is 3.56. The number of ether oxygens (including phenoxy) is 2. The number of rotatable bonds is 2. The Hall–Kier alpha value is -4.03. The van der Waals surface area contributed by atoms with E-state index in [2.05, 4.69) is 81.9 Å². The number of hydrogen-bond donors (Lipinski definition) is 2. The van der Waals surface area contributed by atoms with Crippen LogP contribution < -0.4 is 14.8 Å². The van der Waals surface area contributed by atoms with Gasteiger partial charge in [0.2, 0.25) is 6.79 Å². The van der Waals surface area contributed by atoms with Crippen molar-refractivity contribution >= 4 is 39.0 Å². The van der Waals surface area contributed by atoms with Crippen LogP contribution in [0.3, 0.4) is 0 Å². The molecule has 0 fully saturated rings. The van der Waals surface area contributed by atoms with E-state index in [-0.39, 0.29) is 0 Å². The Morgan fingerprint density at radius 1 is 0.833 bits per heavy atom. The van der Waals surface area contributed by atoms with E-state index >= 15 is 0 Å². The zero-order valence-corrected chi connectivity index (χ0v) is 20.7. The molecule has 0 radical (unpaired) electrons. The van der Waals surface area contributed by atoms with Gasteiger partial charge in [-0.2, -0.15) is 0 Å². The van der Waals surface area contributed by atoms with Crippen LogP contribution in [0.25, 0.3) is 21.7 Å². The lowest BCUT2D eigenvalue weighted by Gasteiger charge is -2.29. The molecule has 1 aromatic heterocycles. The lowest BCUT2D eigenvalue weighted by Crippen LogP contribution is -2.42. The molecule has 0 atom stereocenters. The first-order valence-electron chi connectivity index (χ1n) is 12.2. The monoisotopic (exact) mass is 493 g/mol. The number of thiocarbonyl (C=S) groups is 1. The molecule has 5 nitrogen and oxygen atoms in total. The van der Waals surface area contributed by atoms with Crippen molar-refractivity contribution in [1.82, 2.24) is 15.2 Å². The van der Waals surface area contributed by atoms with Gasteiger partial charge in [0.05, 0.1) is 6.54 Å². The molecule has 2 N–H and O–H groups in total. The van der Waals surface area contributed by atoms with Crippen LogP contribution in [0, 0.1) is 0 Å². The smallest absolute Gasteiger partial charge is 0.231 e. The molecule has 7 rings (SSSR count). The van der Waals surface area contributed by atoms with Gasteiger partial charge in [-0.25, -0.2) is 0 Å². The van der Waals surface area contributed by atoms with Crippen molar-refractivity contribution < 1.29 is 9.47 Å². The maximum atomic E-state index is 5.71. The van der Waals surface area contributed by atoms with Crippen LogP contribution in [0.5, 0.6) is 11.5 Å². The van der Waals surface area contributed by atoms with Crippen LogP contribution in [0.2, 0.25) is 0 Å². The maximum absolute atomic E-state index is 5.71. The lowest BCUT2D eigenvalue weighted by molar-refractivity contribution is 0.174. The van der Waals surface area contributed by atoms with Gasteiger partial charge in [-0.1, -0.05) is 72.8 Å². The van der Waals surface area contributed by atoms with E-state index in [1.807, 2.05) is 24.3 Å². The van der Waals surface area contributed by atoms with Crippen molar-refractivity contribution in [3.8, 4) is 11.5 Å². The van der Waals surface area contributed by atoms with Gasteiger partial charge < -0.3 is 24.7 Å². The zero-order valence-electron chi connectivity index (χ0n) is 19.9. The number of aromatic nitrogens is 1. The van der Waals surface area contributed by atoms with Crippen LogP contribution in [-0.4, -0.2) is 28.3 Å². The molecule has 2 aliphatic heterocycles. The van der Waals surface area contributed by atoms with Gasteiger partial charge in [-0.15, -0.1) is 0 Å². The van der Waals surface area contributed by atoms with E-state index in [0.29, 0.717) is 6.79 Å². The minimum absolute atomic E-state index is 0.360. The van der Waals surface area contributed by atoms with Crippen molar-refractivity contribution in [3.63, 3.8) is 0 Å². The second-order valence-corrected chi connectivity index (χ2v) is 9.34. The summed E-state index contributed by atoms with van der Waals surface area (Å²) in [5.74, 6) is 1.69. The highest BCUT2D eigenvalue weighted by Gasteiger charge is 2.22. The first-order chi connectivity index (χ1) is 17.8. The number of benzene rings is 4. The summed E-state index contributed by atoms with van der Waals surface area (Å²) in [5, 5.41) is 8.20. The number of hydrogen-bond acceptors (Lipinski definition) is 3.